The van der Waals surface area contributed by atoms with Gasteiger partial charge in [0.25, 0.3) is 11.8 Å². The highest BCUT2D eigenvalue weighted by Crippen LogP contribution is 2.28. The van der Waals surface area contributed by atoms with E-state index in [1.165, 1.54) is 0 Å². The summed E-state index contributed by atoms with van der Waals surface area (Å²) in [4.78, 5) is 38.8. The van der Waals surface area contributed by atoms with E-state index in [-0.39, 0.29) is 11.8 Å². The van der Waals surface area contributed by atoms with Gasteiger partial charge in [0, 0.05) is 74.5 Å². The normalized spacial score (nSPS) is 13.6. The second kappa shape index (κ2) is 9.55. The van der Waals surface area contributed by atoms with E-state index in [4.69, 9.17) is 4.42 Å². The lowest BCUT2D eigenvalue weighted by molar-refractivity contribution is 0.0735. The first-order valence-electron chi connectivity index (χ1n) is 11.4. The van der Waals surface area contributed by atoms with Crippen molar-refractivity contribution < 1.29 is 14.0 Å². The van der Waals surface area contributed by atoms with Gasteiger partial charge in [0.15, 0.2) is 11.2 Å². The Morgan fingerprint density at radius 1 is 1.03 bits per heavy atom. The molecule has 0 radical (unpaired) electrons. The highest BCUT2D eigenvalue weighted by atomic mass is 16.3. The average Bonchev–Trinajstić information content (AvgIpc) is 3.33. The summed E-state index contributed by atoms with van der Waals surface area (Å²) in [6.45, 7) is 2.73. The number of carbonyl (C=O) groups excluding carboxylic acids is 2. The van der Waals surface area contributed by atoms with Gasteiger partial charge in [-0.15, -0.1) is 0 Å². The number of fused-ring (bicyclic) bond motifs is 1. The van der Waals surface area contributed by atoms with Crippen molar-refractivity contribution in [3.8, 4) is 11.5 Å². The third-order valence-electron chi connectivity index (χ3n) is 5.88. The van der Waals surface area contributed by atoms with Crippen LogP contribution in [0.4, 0.5) is 11.4 Å². The molecule has 0 atom stereocenters. The Bertz CT molecular complexity index is 1360. The minimum Gasteiger partial charge on any atom is -0.434 e. The summed E-state index contributed by atoms with van der Waals surface area (Å²) in [6, 6.07) is 16.1. The van der Waals surface area contributed by atoms with Gasteiger partial charge in [-0.05, 0) is 48.5 Å². The predicted molar refractivity (Wildman–Crippen MR) is 135 cm³/mol. The molecule has 2 N–H and O–H groups in total. The fraction of sp³-hybridized carbons (Fsp3) is 0.231. The van der Waals surface area contributed by atoms with Crippen LogP contribution < -0.4 is 15.5 Å². The summed E-state index contributed by atoms with van der Waals surface area (Å²) in [5, 5.41) is 6.20. The van der Waals surface area contributed by atoms with Crippen LogP contribution in [0, 0.1) is 0 Å². The number of hydrogen-bond donors (Lipinski definition) is 2. The van der Waals surface area contributed by atoms with Gasteiger partial charge < -0.3 is 24.9 Å². The number of nitrogens with zero attached hydrogens (tertiary/aromatic N) is 4. The van der Waals surface area contributed by atoms with Crippen LogP contribution in [-0.2, 0) is 0 Å². The van der Waals surface area contributed by atoms with Gasteiger partial charge in [-0.1, -0.05) is 6.07 Å². The predicted octanol–water partition coefficient (Wildman–Crippen LogP) is 3.25. The molecule has 178 valence electrons. The molecule has 3 heterocycles. The molecular formula is C26H26N6O3. The zero-order chi connectivity index (χ0) is 24.4. The number of nitrogens with one attached hydrogen (secondary N) is 2. The van der Waals surface area contributed by atoms with E-state index in [0.717, 1.165) is 18.8 Å². The molecule has 1 fully saturated rings. The first-order chi connectivity index (χ1) is 17.0. The lowest BCUT2D eigenvalue weighted by Gasteiger charge is -2.27. The van der Waals surface area contributed by atoms with Crippen LogP contribution in [0.5, 0.6) is 0 Å². The Labute approximate surface area is 202 Å². The van der Waals surface area contributed by atoms with Crippen molar-refractivity contribution in [1.82, 2.24) is 20.2 Å². The molecule has 1 aliphatic heterocycles. The van der Waals surface area contributed by atoms with Crippen molar-refractivity contribution >= 4 is 34.4 Å². The van der Waals surface area contributed by atoms with Crippen LogP contribution in [0.25, 0.3) is 22.7 Å². The first kappa shape index (κ1) is 22.5. The number of anilines is 2. The summed E-state index contributed by atoms with van der Waals surface area (Å²) in [7, 11) is 3.84. The number of piperazine rings is 1. The molecule has 1 aliphatic rings. The lowest BCUT2D eigenvalue weighted by Crippen LogP contribution is -2.46. The Kier molecular flexibility index (Phi) is 6.15. The molecule has 4 aromatic rings. The van der Waals surface area contributed by atoms with Gasteiger partial charge in [-0.25, -0.2) is 4.98 Å². The molecule has 5 rings (SSSR count). The minimum atomic E-state index is -0.273. The van der Waals surface area contributed by atoms with Crippen LogP contribution >= 0.6 is 0 Å². The van der Waals surface area contributed by atoms with Gasteiger partial charge >= 0.3 is 0 Å². The van der Waals surface area contributed by atoms with Crippen LogP contribution in [0.1, 0.15) is 20.7 Å². The largest absolute Gasteiger partial charge is 0.434 e. The maximum atomic E-state index is 13.3. The van der Waals surface area contributed by atoms with Gasteiger partial charge in [0.2, 0.25) is 5.89 Å². The number of aromatic nitrogens is 2. The minimum absolute atomic E-state index is 0.104. The quantitative estimate of drug-likeness (QED) is 0.461. The molecular weight excluding hydrogens is 444 g/mol. The molecule has 0 spiro atoms. The summed E-state index contributed by atoms with van der Waals surface area (Å²) < 4.78 is 5.89. The Hall–Kier alpha value is -4.24. The van der Waals surface area contributed by atoms with Crippen molar-refractivity contribution in [2.24, 2.45) is 0 Å². The van der Waals surface area contributed by atoms with Gasteiger partial charge in [0.05, 0.1) is 0 Å². The highest BCUT2D eigenvalue weighted by Gasteiger charge is 2.21. The molecule has 2 aromatic carbocycles. The van der Waals surface area contributed by atoms with Crippen LogP contribution in [0.2, 0.25) is 0 Å². The summed E-state index contributed by atoms with van der Waals surface area (Å²) in [6.07, 6.45) is 1.65. The number of rotatable bonds is 5. The van der Waals surface area contributed by atoms with Gasteiger partial charge in [0.1, 0.15) is 0 Å². The van der Waals surface area contributed by atoms with E-state index in [1.807, 2.05) is 37.2 Å². The first-order valence-corrected chi connectivity index (χ1v) is 11.4. The van der Waals surface area contributed by atoms with E-state index < -0.39 is 0 Å². The maximum absolute atomic E-state index is 13.3. The van der Waals surface area contributed by atoms with E-state index in [0.29, 0.717) is 52.6 Å². The van der Waals surface area contributed by atoms with E-state index in [1.54, 1.807) is 47.5 Å². The molecule has 9 nitrogen and oxygen atoms in total. The second-order valence-electron chi connectivity index (χ2n) is 8.58. The number of oxazole rings is 1. The Morgan fingerprint density at radius 2 is 1.86 bits per heavy atom. The van der Waals surface area contributed by atoms with Gasteiger partial charge in [-0.3, -0.25) is 9.59 Å². The molecule has 1 saturated heterocycles. The fourth-order valence-corrected chi connectivity index (χ4v) is 4.02. The monoisotopic (exact) mass is 470 g/mol. The molecule has 0 aliphatic carbocycles. The smallest absolute Gasteiger partial charge is 0.255 e. The molecule has 35 heavy (non-hydrogen) atoms. The summed E-state index contributed by atoms with van der Waals surface area (Å²) >= 11 is 0. The maximum Gasteiger partial charge on any atom is 0.255 e. The summed E-state index contributed by atoms with van der Waals surface area (Å²) in [5.41, 5.74) is 3.98. The molecule has 0 bridgehead atoms. The van der Waals surface area contributed by atoms with Crippen molar-refractivity contribution in [2.45, 2.75) is 0 Å². The Morgan fingerprint density at radius 3 is 2.63 bits per heavy atom. The topological polar surface area (TPSA) is 104 Å². The van der Waals surface area contributed by atoms with E-state index in [9.17, 15) is 9.59 Å². The van der Waals surface area contributed by atoms with Crippen LogP contribution in [-0.4, -0.2) is 67.0 Å². The second-order valence-corrected chi connectivity index (χ2v) is 8.58. The van der Waals surface area contributed by atoms with Crippen molar-refractivity contribution in [1.29, 1.82) is 0 Å². The average molecular weight is 471 g/mol. The third kappa shape index (κ3) is 4.85. The molecule has 2 amide bonds. The van der Waals surface area contributed by atoms with Crippen LogP contribution in [0.3, 0.4) is 0 Å². The molecule has 0 saturated carbocycles. The lowest BCUT2D eigenvalue weighted by atomic mass is 10.1. The third-order valence-corrected chi connectivity index (χ3v) is 5.88. The SMILES string of the molecule is CN(C)c1cccc(C(=O)Nc2cc(C(=O)N3CCNCC3)cc(-c3nc4ncccc4o3)c2)c1. The Balaban J connectivity index is 1.51. The highest BCUT2D eigenvalue weighted by molar-refractivity contribution is 6.06. The van der Waals surface area contributed by atoms with Crippen molar-refractivity contribution in [2.75, 3.05) is 50.5 Å². The zero-order valence-electron chi connectivity index (χ0n) is 19.6. The number of pyridine rings is 1. The standard InChI is InChI=1S/C26H26N6O3/c1-31(2)21-6-3-5-17(16-21)24(33)29-20-14-18(25-30-23-22(35-25)7-4-8-28-23)13-19(15-20)26(34)32-11-9-27-10-12-32/h3-8,13-16,27H,9-12H2,1-2H3,(H,29,33). The van der Waals surface area contributed by atoms with E-state index >= 15 is 0 Å². The molecule has 0 unspecified atom stereocenters. The zero-order valence-corrected chi connectivity index (χ0v) is 19.6. The van der Waals surface area contributed by atoms with E-state index in [2.05, 4.69) is 20.6 Å². The number of benzene rings is 2. The molecule has 2 aromatic heterocycles. The van der Waals surface area contributed by atoms with Crippen molar-refractivity contribution in [3.63, 3.8) is 0 Å². The van der Waals surface area contributed by atoms with Crippen LogP contribution in [0.15, 0.2) is 65.2 Å². The number of amides is 2. The summed E-state index contributed by atoms with van der Waals surface area (Å²) in [5.74, 6) is -0.0443. The number of hydrogen-bond acceptors (Lipinski definition) is 7. The molecule has 9 heteroatoms. The van der Waals surface area contributed by atoms with Crippen molar-refractivity contribution in [3.05, 3.63) is 71.9 Å². The van der Waals surface area contributed by atoms with Gasteiger partial charge in [-0.2, -0.15) is 4.98 Å². The fourth-order valence-electron chi connectivity index (χ4n) is 4.02. The number of carbonyl (C=O) groups is 2.